The van der Waals surface area contributed by atoms with Crippen LogP contribution in [0.25, 0.3) is 0 Å². The number of hydrogen-bond acceptors (Lipinski definition) is 2. The van der Waals surface area contributed by atoms with E-state index in [1.165, 1.54) is 24.3 Å². The summed E-state index contributed by atoms with van der Waals surface area (Å²) in [5, 5.41) is 0. The van der Waals surface area contributed by atoms with E-state index in [0.717, 1.165) is 18.2 Å². The number of carbonyl (C=O) groups is 1. The largest absolute Gasteiger partial charge is 0.573 e. The van der Waals surface area contributed by atoms with Crippen LogP contribution < -0.4 is 4.74 Å². The summed E-state index contributed by atoms with van der Waals surface area (Å²) in [5.74, 6) is -2.32. The van der Waals surface area contributed by atoms with Crippen LogP contribution >= 0.6 is 0 Å². The van der Waals surface area contributed by atoms with E-state index in [-0.39, 0.29) is 11.1 Å². The first-order valence-corrected chi connectivity index (χ1v) is 5.93. The van der Waals surface area contributed by atoms with Crippen molar-refractivity contribution in [2.24, 2.45) is 0 Å². The number of para-hydroxylation sites is 1. The minimum atomic E-state index is -4.93. The molecule has 0 spiro atoms. The van der Waals surface area contributed by atoms with Crippen molar-refractivity contribution in [2.75, 3.05) is 0 Å². The van der Waals surface area contributed by atoms with Gasteiger partial charge in [-0.25, -0.2) is 4.39 Å². The molecule has 0 amide bonds. The van der Waals surface area contributed by atoms with E-state index in [0.29, 0.717) is 5.56 Å². The molecule has 2 rings (SSSR count). The Morgan fingerprint density at radius 3 is 2.38 bits per heavy atom. The van der Waals surface area contributed by atoms with Crippen molar-refractivity contribution in [1.29, 1.82) is 0 Å². The van der Waals surface area contributed by atoms with Gasteiger partial charge in [0.25, 0.3) is 0 Å². The monoisotopic (exact) mass is 298 g/mol. The summed E-state index contributed by atoms with van der Waals surface area (Å²) >= 11 is 0. The van der Waals surface area contributed by atoms with Gasteiger partial charge in [-0.15, -0.1) is 13.2 Å². The predicted octanol–water partition coefficient (Wildman–Crippen LogP) is 4.26. The minimum Gasteiger partial charge on any atom is -0.405 e. The second kappa shape index (κ2) is 5.55. The van der Waals surface area contributed by atoms with Crippen LogP contribution in [-0.4, -0.2) is 12.1 Å². The standard InChI is InChI=1S/C15H10F4O2/c1-9-6-7-12(16)11(8-9)14(20)10-4-2-3-5-13(10)21-15(17,18)19/h2-8H,1H3. The molecule has 2 aromatic rings. The maximum absolute atomic E-state index is 13.7. The number of halogens is 4. The molecule has 0 aromatic heterocycles. The molecule has 0 bridgehead atoms. The first-order valence-electron chi connectivity index (χ1n) is 5.93. The van der Waals surface area contributed by atoms with Gasteiger partial charge in [0.2, 0.25) is 0 Å². The van der Waals surface area contributed by atoms with E-state index in [2.05, 4.69) is 4.74 Å². The Hall–Kier alpha value is -2.37. The first-order chi connectivity index (χ1) is 9.78. The summed E-state index contributed by atoms with van der Waals surface area (Å²) < 4.78 is 54.5. The summed E-state index contributed by atoms with van der Waals surface area (Å²) in [6.45, 7) is 1.65. The molecule has 110 valence electrons. The van der Waals surface area contributed by atoms with Gasteiger partial charge in [0.05, 0.1) is 11.1 Å². The van der Waals surface area contributed by atoms with Crippen LogP contribution in [0.2, 0.25) is 0 Å². The normalized spacial score (nSPS) is 11.3. The second-order valence-electron chi connectivity index (χ2n) is 4.36. The van der Waals surface area contributed by atoms with Gasteiger partial charge in [0, 0.05) is 0 Å². The summed E-state index contributed by atoms with van der Waals surface area (Å²) in [6.07, 6.45) is -4.93. The highest BCUT2D eigenvalue weighted by atomic mass is 19.4. The van der Waals surface area contributed by atoms with Crippen molar-refractivity contribution in [3.63, 3.8) is 0 Å². The van der Waals surface area contributed by atoms with Crippen LogP contribution in [0.1, 0.15) is 21.5 Å². The van der Waals surface area contributed by atoms with E-state index in [1.807, 2.05) is 0 Å². The third-order valence-corrected chi connectivity index (χ3v) is 2.72. The quantitative estimate of drug-likeness (QED) is 0.625. The highest BCUT2D eigenvalue weighted by Gasteiger charge is 2.33. The fraction of sp³-hybridized carbons (Fsp3) is 0.133. The van der Waals surface area contributed by atoms with Gasteiger partial charge in [-0.2, -0.15) is 0 Å². The topological polar surface area (TPSA) is 26.3 Å². The fourth-order valence-electron chi connectivity index (χ4n) is 1.83. The van der Waals surface area contributed by atoms with Gasteiger partial charge >= 0.3 is 6.36 Å². The van der Waals surface area contributed by atoms with Crippen LogP contribution in [0.15, 0.2) is 42.5 Å². The van der Waals surface area contributed by atoms with Crippen molar-refractivity contribution in [1.82, 2.24) is 0 Å². The lowest BCUT2D eigenvalue weighted by molar-refractivity contribution is -0.274. The van der Waals surface area contributed by atoms with E-state index in [9.17, 15) is 22.4 Å². The molecule has 0 aliphatic carbocycles. The van der Waals surface area contributed by atoms with Crippen molar-refractivity contribution in [2.45, 2.75) is 13.3 Å². The lowest BCUT2D eigenvalue weighted by Gasteiger charge is -2.12. The highest BCUT2D eigenvalue weighted by Crippen LogP contribution is 2.28. The Bertz CT molecular complexity index is 678. The molecule has 0 heterocycles. The van der Waals surface area contributed by atoms with Gasteiger partial charge in [0.15, 0.2) is 5.78 Å². The second-order valence-corrected chi connectivity index (χ2v) is 4.36. The van der Waals surface area contributed by atoms with Crippen molar-refractivity contribution in [3.8, 4) is 5.75 Å². The summed E-state index contributed by atoms with van der Waals surface area (Å²) in [7, 11) is 0. The maximum atomic E-state index is 13.7. The summed E-state index contributed by atoms with van der Waals surface area (Å²) in [4.78, 5) is 12.2. The van der Waals surface area contributed by atoms with Crippen molar-refractivity contribution < 1.29 is 27.1 Å². The smallest absolute Gasteiger partial charge is 0.405 e. The Kier molecular flexibility index (Phi) is 3.97. The molecule has 0 atom stereocenters. The van der Waals surface area contributed by atoms with Crippen molar-refractivity contribution in [3.05, 3.63) is 65.0 Å². The number of ketones is 1. The van der Waals surface area contributed by atoms with E-state index >= 15 is 0 Å². The van der Waals surface area contributed by atoms with E-state index in [4.69, 9.17) is 0 Å². The SMILES string of the molecule is Cc1ccc(F)c(C(=O)c2ccccc2OC(F)(F)F)c1. The third kappa shape index (κ3) is 3.59. The van der Waals surface area contributed by atoms with Gasteiger partial charge < -0.3 is 4.74 Å². The average molecular weight is 298 g/mol. The molecule has 0 radical (unpaired) electrons. The molecule has 0 saturated carbocycles. The van der Waals surface area contributed by atoms with Crippen LogP contribution in [0.4, 0.5) is 17.6 Å². The van der Waals surface area contributed by atoms with Crippen molar-refractivity contribution >= 4 is 5.78 Å². The number of aryl methyl sites for hydroxylation is 1. The number of alkyl halides is 3. The lowest BCUT2D eigenvalue weighted by Crippen LogP contribution is -2.19. The molecule has 0 aliphatic heterocycles. The number of carbonyl (C=O) groups excluding carboxylic acids is 1. The molecular weight excluding hydrogens is 288 g/mol. The van der Waals surface area contributed by atoms with Gasteiger partial charge in [0.1, 0.15) is 11.6 Å². The molecule has 6 heteroatoms. The van der Waals surface area contributed by atoms with Crippen LogP contribution in [0.5, 0.6) is 5.75 Å². The molecule has 0 saturated heterocycles. The molecule has 21 heavy (non-hydrogen) atoms. The Morgan fingerprint density at radius 1 is 1.05 bits per heavy atom. The number of ether oxygens (including phenoxy) is 1. The zero-order chi connectivity index (χ0) is 15.6. The summed E-state index contributed by atoms with van der Waals surface area (Å²) in [5.41, 5.74) is -0.0264. The van der Waals surface area contributed by atoms with Gasteiger partial charge in [-0.1, -0.05) is 23.8 Å². The third-order valence-electron chi connectivity index (χ3n) is 2.72. The minimum absolute atomic E-state index is 0.298. The Labute approximate surface area is 118 Å². The van der Waals surface area contributed by atoms with Crippen LogP contribution in [-0.2, 0) is 0 Å². The average Bonchev–Trinajstić information content (AvgIpc) is 2.39. The predicted molar refractivity (Wildman–Crippen MR) is 67.7 cm³/mol. The maximum Gasteiger partial charge on any atom is 0.573 e. The first kappa shape index (κ1) is 15.0. The highest BCUT2D eigenvalue weighted by molar-refractivity contribution is 6.11. The van der Waals surface area contributed by atoms with Gasteiger partial charge in [-0.3, -0.25) is 4.79 Å². The van der Waals surface area contributed by atoms with Gasteiger partial charge in [-0.05, 0) is 31.2 Å². The zero-order valence-corrected chi connectivity index (χ0v) is 10.9. The molecular formula is C15H10F4O2. The molecule has 0 fully saturated rings. The Balaban J connectivity index is 2.46. The molecule has 2 nitrogen and oxygen atoms in total. The Morgan fingerprint density at radius 2 is 1.71 bits per heavy atom. The molecule has 2 aromatic carbocycles. The summed E-state index contributed by atoms with van der Waals surface area (Å²) in [6, 6.07) is 8.68. The van der Waals surface area contributed by atoms with E-state index in [1.54, 1.807) is 6.92 Å². The van der Waals surface area contributed by atoms with E-state index < -0.39 is 23.7 Å². The number of benzene rings is 2. The number of hydrogen-bond donors (Lipinski definition) is 0. The zero-order valence-electron chi connectivity index (χ0n) is 10.9. The molecule has 0 aliphatic rings. The lowest BCUT2D eigenvalue weighted by atomic mass is 10.0. The fourth-order valence-corrected chi connectivity index (χ4v) is 1.83. The van der Waals surface area contributed by atoms with Crippen LogP contribution in [0.3, 0.4) is 0 Å². The molecule has 0 unspecified atom stereocenters. The number of rotatable bonds is 3. The van der Waals surface area contributed by atoms with Crippen LogP contribution in [0, 0.1) is 12.7 Å². The molecule has 0 N–H and O–H groups in total.